The Morgan fingerprint density at radius 3 is 2.15 bits per heavy atom. The number of fused-ring (bicyclic) bond motifs is 1. The number of hydrogen-bond donors (Lipinski definition) is 0. The van der Waals surface area contributed by atoms with Gasteiger partial charge < -0.3 is 4.42 Å². The van der Waals surface area contributed by atoms with Crippen molar-refractivity contribution in [2.45, 2.75) is 97.2 Å². The Labute approximate surface area is 167 Å². The Morgan fingerprint density at radius 1 is 0.889 bits per heavy atom. The fraction of sp³-hybridized carbons (Fsp3) is 0.600. The van der Waals surface area contributed by atoms with E-state index in [4.69, 9.17) is 4.42 Å². The molecule has 0 atom stereocenters. The van der Waals surface area contributed by atoms with Gasteiger partial charge in [-0.1, -0.05) is 73.8 Å². The molecule has 0 radical (unpaired) electrons. The zero-order valence-electron chi connectivity index (χ0n) is 18.5. The maximum atomic E-state index is 6.05. The van der Waals surface area contributed by atoms with E-state index in [2.05, 4.69) is 84.2 Å². The van der Waals surface area contributed by atoms with Gasteiger partial charge in [-0.05, 0) is 53.1 Å². The first kappa shape index (κ1) is 21.8. The molecule has 2 rings (SSSR count). The summed E-state index contributed by atoms with van der Waals surface area (Å²) in [6.07, 6.45) is 6.38. The van der Waals surface area contributed by atoms with E-state index in [1.165, 1.54) is 36.6 Å². The lowest BCUT2D eigenvalue weighted by atomic mass is 10.0. The van der Waals surface area contributed by atoms with Crippen LogP contribution in [0.4, 0.5) is 0 Å². The number of rotatable bonds is 8. The maximum absolute atomic E-state index is 6.05. The van der Waals surface area contributed by atoms with E-state index in [0.29, 0.717) is 16.6 Å². The van der Waals surface area contributed by atoms with E-state index in [0.717, 1.165) is 17.8 Å². The van der Waals surface area contributed by atoms with Gasteiger partial charge in [-0.2, -0.15) is 0 Å². The minimum atomic E-state index is -1.72. The van der Waals surface area contributed by atoms with E-state index in [1.54, 1.807) is 0 Å². The van der Waals surface area contributed by atoms with Crippen LogP contribution in [0.2, 0.25) is 16.6 Å². The van der Waals surface area contributed by atoms with Gasteiger partial charge in [0.2, 0.25) is 0 Å². The second kappa shape index (κ2) is 9.65. The highest BCUT2D eigenvalue weighted by Gasteiger charge is 2.41. The summed E-state index contributed by atoms with van der Waals surface area (Å²) in [5.41, 5.74) is 8.07. The van der Waals surface area contributed by atoms with E-state index in [-0.39, 0.29) is 0 Å². The van der Waals surface area contributed by atoms with Crippen LogP contribution in [0.5, 0.6) is 0 Å². The van der Waals surface area contributed by atoms with Crippen LogP contribution in [0.15, 0.2) is 28.7 Å². The molecule has 0 spiro atoms. The Hall–Kier alpha value is -1.46. The molecule has 0 aliphatic heterocycles. The lowest BCUT2D eigenvalue weighted by molar-refractivity contribution is 0.601. The number of aryl methyl sites for hydroxylation is 1. The summed E-state index contributed by atoms with van der Waals surface area (Å²) in [6, 6.07) is 8.75. The molecule has 0 aliphatic carbocycles. The molecule has 0 fully saturated rings. The van der Waals surface area contributed by atoms with Gasteiger partial charge in [0, 0.05) is 11.5 Å². The van der Waals surface area contributed by atoms with E-state index >= 15 is 0 Å². The van der Waals surface area contributed by atoms with Crippen molar-refractivity contribution < 1.29 is 4.42 Å². The van der Waals surface area contributed by atoms with Crippen molar-refractivity contribution >= 4 is 19.0 Å². The minimum absolute atomic E-state index is 0.643. The SMILES string of the molecule is CCCCCCc1ccc2oc(C#C[Si](C(C)C)(C(C)C)C(C)C)cc2c1. The number of hydrogen-bond acceptors (Lipinski definition) is 1. The molecule has 1 aromatic heterocycles. The lowest BCUT2D eigenvalue weighted by Crippen LogP contribution is -2.43. The first-order valence-corrected chi connectivity index (χ1v) is 13.1. The molecule has 0 bridgehead atoms. The third-order valence-corrected chi connectivity index (χ3v) is 12.5. The van der Waals surface area contributed by atoms with Gasteiger partial charge in [-0.15, -0.1) is 5.54 Å². The molecule has 148 valence electrons. The summed E-state index contributed by atoms with van der Waals surface area (Å²) in [4.78, 5) is 0. The van der Waals surface area contributed by atoms with Gasteiger partial charge in [0.1, 0.15) is 13.7 Å². The third kappa shape index (κ3) is 5.08. The second-order valence-electron chi connectivity index (χ2n) is 8.94. The molecule has 0 unspecified atom stereocenters. The monoisotopic (exact) mass is 382 g/mol. The minimum Gasteiger partial charge on any atom is -0.448 e. The van der Waals surface area contributed by atoms with Crippen LogP contribution in [-0.4, -0.2) is 8.07 Å². The molecule has 2 heteroatoms. The highest BCUT2D eigenvalue weighted by atomic mass is 28.3. The lowest BCUT2D eigenvalue weighted by Gasteiger charge is -2.37. The second-order valence-corrected chi connectivity index (χ2v) is 14.5. The van der Waals surface area contributed by atoms with Crippen molar-refractivity contribution in [3.63, 3.8) is 0 Å². The highest BCUT2D eigenvalue weighted by Crippen LogP contribution is 2.40. The van der Waals surface area contributed by atoms with Crippen molar-refractivity contribution in [2.24, 2.45) is 0 Å². The molecular formula is C25H38OSi. The Balaban J connectivity index is 2.26. The van der Waals surface area contributed by atoms with E-state index in [9.17, 15) is 0 Å². The van der Waals surface area contributed by atoms with Gasteiger partial charge in [0.15, 0.2) is 5.76 Å². The molecule has 0 amide bonds. The van der Waals surface area contributed by atoms with Gasteiger partial charge in [-0.25, -0.2) is 0 Å². The van der Waals surface area contributed by atoms with Crippen molar-refractivity contribution in [2.75, 3.05) is 0 Å². The number of furan rings is 1. The normalized spacial score (nSPS) is 12.2. The topological polar surface area (TPSA) is 13.1 Å². The van der Waals surface area contributed by atoms with Crippen LogP contribution in [0.1, 0.15) is 85.5 Å². The first-order valence-electron chi connectivity index (χ1n) is 10.9. The first-order chi connectivity index (χ1) is 12.8. The predicted octanol–water partition coefficient (Wildman–Crippen LogP) is 8.13. The van der Waals surface area contributed by atoms with Crippen molar-refractivity contribution in [3.8, 4) is 11.5 Å². The van der Waals surface area contributed by atoms with Crippen molar-refractivity contribution in [1.29, 1.82) is 0 Å². The third-order valence-electron chi connectivity index (χ3n) is 6.17. The summed E-state index contributed by atoms with van der Waals surface area (Å²) in [5.74, 6) is 4.27. The van der Waals surface area contributed by atoms with E-state index < -0.39 is 8.07 Å². The zero-order valence-corrected chi connectivity index (χ0v) is 19.5. The van der Waals surface area contributed by atoms with Crippen LogP contribution in [0.25, 0.3) is 11.0 Å². The molecule has 0 saturated heterocycles. The molecule has 0 N–H and O–H groups in total. The number of unbranched alkanes of at least 4 members (excludes halogenated alkanes) is 3. The van der Waals surface area contributed by atoms with Crippen molar-refractivity contribution in [1.82, 2.24) is 0 Å². The predicted molar refractivity (Wildman–Crippen MR) is 122 cm³/mol. The molecule has 1 aromatic carbocycles. The Kier molecular flexibility index (Phi) is 7.80. The fourth-order valence-electron chi connectivity index (χ4n) is 4.67. The smallest absolute Gasteiger partial charge is 0.177 e. The fourth-order valence-corrected chi connectivity index (χ4v) is 9.87. The van der Waals surface area contributed by atoms with Gasteiger partial charge >= 0.3 is 0 Å². The molecule has 1 heterocycles. The molecule has 2 aromatic rings. The molecule has 0 saturated carbocycles. The largest absolute Gasteiger partial charge is 0.448 e. The maximum Gasteiger partial charge on any atom is 0.177 e. The van der Waals surface area contributed by atoms with Crippen LogP contribution in [-0.2, 0) is 6.42 Å². The standard InChI is InChI=1S/C25H38OSi/c1-8-9-10-11-12-22-13-14-25-23(17-22)18-24(26-25)15-16-27(19(2)3,20(4)5)21(6)7/h13-14,17-21H,8-12H2,1-7H3. The molecule has 27 heavy (non-hydrogen) atoms. The quantitative estimate of drug-likeness (QED) is 0.255. The zero-order chi connectivity index (χ0) is 20.0. The van der Waals surface area contributed by atoms with Crippen LogP contribution >= 0.6 is 0 Å². The average molecular weight is 383 g/mol. The highest BCUT2D eigenvalue weighted by molar-refractivity contribution is 6.90. The average Bonchev–Trinajstić information content (AvgIpc) is 3.00. The van der Waals surface area contributed by atoms with Gasteiger partial charge in [0.05, 0.1) is 0 Å². The summed E-state index contributed by atoms with van der Waals surface area (Å²) in [5, 5.41) is 1.19. The molecule has 0 aliphatic rings. The molecular weight excluding hydrogens is 344 g/mol. The van der Waals surface area contributed by atoms with Crippen LogP contribution in [0, 0.1) is 11.5 Å². The van der Waals surface area contributed by atoms with Crippen LogP contribution in [0.3, 0.4) is 0 Å². The van der Waals surface area contributed by atoms with Gasteiger partial charge in [-0.3, -0.25) is 0 Å². The van der Waals surface area contributed by atoms with Gasteiger partial charge in [0.25, 0.3) is 0 Å². The summed E-state index contributed by atoms with van der Waals surface area (Å²) < 4.78 is 6.05. The Morgan fingerprint density at radius 2 is 1.56 bits per heavy atom. The Bertz CT molecular complexity index is 764. The van der Waals surface area contributed by atoms with E-state index in [1.807, 2.05) is 0 Å². The summed E-state index contributed by atoms with van der Waals surface area (Å²) in [6.45, 7) is 16.4. The number of benzene rings is 1. The molecule has 1 nitrogen and oxygen atoms in total. The summed E-state index contributed by atoms with van der Waals surface area (Å²) in [7, 11) is -1.72. The van der Waals surface area contributed by atoms with Crippen molar-refractivity contribution in [3.05, 3.63) is 35.6 Å². The summed E-state index contributed by atoms with van der Waals surface area (Å²) >= 11 is 0. The van der Waals surface area contributed by atoms with Crippen LogP contribution < -0.4 is 0 Å².